The number of anilines is 2. The molecule has 31 heavy (non-hydrogen) atoms. The third kappa shape index (κ3) is 6.19. The molecular formula is C27H31N3O. The number of benzene rings is 3. The molecule has 1 saturated heterocycles. The van der Waals surface area contributed by atoms with Crippen LogP contribution < -0.4 is 11.1 Å². The Balaban J connectivity index is 1.24. The van der Waals surface area contributed by atoms with Crippen LogP contribution in [-0.2, 0) is 17.6 Å². The average Bonchev–Trinajstić information content (AvgIpc) is 2.78. The van der Waals surface area contributed by atoms with Gasteiger partial charge in [0.2, 0.25) is 5.91 Å². The second-order valence-corrected chi connectivity index (χ2v) is 8.54. The van der Waals surface area contributed by atoms with Crippen LogP contribution in [0.4, 0.5) is 11.4 Å². The Morgan fingerprint density at radius 3 is 2.16 bits per heavy atom. The van der Waals surface area contributed by atoms with Gasteiger partial charge >= 0.3 is 0 Å². The maximum Gasteiger partial charge on any atom is 0.238 e. The first-order valence-electron chi connectivity index (χ1n) is 11.1. The lowest BCUT2D eigenvalue weighted by atomic mass is 9.90. The summed E-state index contributed by atoms with van der Waals surface area (Å²) in [7, 11) is 0. The lowest BCUT2D eigenvalue weighted by Gasteiger charge is -2.31. The number of nitrogen functional groups attached to an aromatic ring is 1. The second kappa shape index (κ2) is 10.3. The van der Waals surface area contributed by atoms with Crippen LogP contribution in [0.15, 0.2) is 78.9 Å². The topological polar surface area (TPSA) is 58.4 Å². The molecule has 0 aromatic heterocycles. The van der Waals surface area contributed by atoms with Crippen molar-refractivity contribution < 1.29 is 4.79 Å². The summed E-state index contributed by atoms with van der Waals surface area (Å²) in [6, 6.07) is 26.9. The van der Waals surface area contributed by atoms with Crippen molar-refractivity contribution in [1.29, 1.82) is 0 Å². The predicted octanol–water partition coefficient (Wildman–Crippen LogP) is 4.75. The Kier molecular flexibility index (Phi) is 7.00. The van der Waals surface area contributed by atoms with Gasteiger partial charge in [-0.25, -0.2) is 0 Å². The molecular weight excluding hydrogens is 382 g/mol. The van der Waals surface area contributed by atoms with E-state index in [1.807, 2.05) is 36.4 Å². The quantitative estimate of drug-likeness (QED) is 0.550. The first-order valence-corrected chi connectivity index (χ1v) is 11.1. The summed E-state index contributed by atoms with van der Waals surface area (Å²) in [5, 5.41) is 2.99. The molecule has 0 atom stereocenters. The number of likely N-dealkylation sites (tertiary alicyclic amines) is 1. The highest BCUT2D eigenvalue weighted by atomic mass is 16.2. The molecule has 1 fully saturated rings. The minimum Gasteiger partial charge on any atom is -0.397 e. The Labute approximate surface area is 185 Å². The van der Waals surface area contributed by atoms with Crippen molar-refractivity contribution in [2.45, 2.75) is 25.7 Å². The Morgan fingerprint density at radius 1 is 0.871 bits per heavy atom. The van der Waals surface area contributed by atoms with Crippen molar-refractivity contribution in [3.63, 3.8) is 0 Å². The van der Waals surface area contributed by atoms with Crippen LogP contribution in [0.5, 0.6) is 0 Å². The van der Waals surface area contributed by atoms with Crippen LogP contribution in [0.1, 0.15) is 29.5 Å². The summed E-state index contributed by atoms with van der Waals surface area (Å²) >= 11 is 0. The number of carbonyl (C=O) groups is 1. The number of amides is 1. The summed E-state index contributed by atoms with van der Waals surface area (Å²) in [6.07, 6.45) is 4.24. The smallest absolute Gasteiger partial charge is 0.238 e. The van der Waals surface area contributed by atoms with E-state index in [1.165, 1.54) is 11.1 Å². The SMILES string of the molecule is Nc1cc(Cc2ccccc2)ccc1NC(=O)CN1CCC(Cc2ccccc2)CC1. The van der Waals surface area contributed by atoms with Gasteiger partial charge in [0.05, 0.1) is 17.9 Å². The molecule has 1 heterocycles. The van der Waals surface area contributed by atoms with Crippen molar-refractivity contribution in [3.05, 3.63) is 95.6 Å². The van der Waals surface area contributed by atoms with E-state index < -0.39 is 0 Å². The highest BCUT2D eigenvalue weighted by Crippen LogP contribution is 2.23. The third-order valence-electron chi connectivity index (χ3n) is 6.08. The van der Waals surface area contributed by atoms with Crippen molar-refractivity contribution in [2.75, 3.05) is 30.7 Å². The number of rotatable bonds is 7. The first kappa shape index (κ1) is 21.1. The maximum atomic E-state index is 12.6. The van der Waals surface area contributed by atoms with Gasteiger partial charge in [0.25, 0.3) is 0 Å². The molecule has 1 aliphatic rings. The van der Waals surface area contributed by atoms with E-state index >= 15 is 0 Å². The molecule has 3 N–H and O–H groups in total. The van der Waals surface area contributed by atoms with Gasteiger partial charge in [-0.15, -0.1) is 0 Å². The van der Waals surface area contributed by atoms with Gasteiger partial charge in [-0.3, -0.25) is 9.69 Å². The van der Waals surface area contributed by atoms with Crippen LogP contribution in [-0.4, -0.2) is 30.4 Å². The van der Waals surface area contributed by atoms with E-state index in [1.54, 1.807) is 0 Å². The zero-order chi connectivity index (χ0) is 21.5. The molecule has 3 aromatic rings. The van der Waals surface area contributed by atoms with E-state index in [2.05, 4.69) is 52.7 Å². The van der Waals surface area contributed by atoms with Crippen LogP contribution in [0, 0.1) is 5.92 Å². The van der Waals surface area contributed by atoms with Gasteiger partial charge in [-0.05, 0) is 73.5 Å². The molecule has 160 valence electrons. The van der Waals surface area contributed by atoms with Gasteiger partial charge in [-0.2, -0.15) is 0 Å². The number of piperidine rings is 1. The Hall–Kier alpha value is -3.11. The summed E-state index contributed by atoms with van der Waals surface area (Å²) in [4.78, 5) is 14.8. The van der Waals surface area contributed by atoms with Gasteiger partial charge < -0.3 is 11.1 Å². The molecule has 1 aliphatic heterocycles. The standard InChI is InChI=1S/C27H31N3O/c28-25-19-24(18-22-9-5-2-6-10-22)11-12-26(25)29-27(31)20-30-15-13-23(14-16-30)17-21-7-3-1-4-8-21/h1-12,19,23H,13-18,20,28H2,(H,29,31). The molecule has 4 rings (SSSR count). The lowest BCUT2D eigenvalue weighted by Crippen LogP contribution is -2.39. The molecule has 4 nitrogen and oxygen atoms in total. The van der Waals surface area contributed by atoms with E-state index in [0.29, 0.717) is 23.8 Å². The first-order chi connectivity index (χ1) is 15.2. The van der Waals surface area contributed by atoms with Crippen molar-refractivity contribution >= 4 is 17.3 Å². The minimum atomic E-state index is 0.00372. The van der Waals surface area contributed by atoms with Crippen molar-refractivity contribution in [2.24, 2.45) is 5.92 Å². The number of hydrogen-bond donors (Lipinski definition) is 2. The Morgan fingerprint density at radius 2 is 1.52 bits per heavy atom. The third-order valence-corrected chi connectivity index (χ3v) is 6.08. The highest BCUT2D eigenvalue weighted by molar-refractivity contribution is 5.95. The highest BCUT2D eigenvalue weighted by Gasteiger charge is 2.21. The van der Waals surface area contributed by atoms with Crippen LogP contribution in [0.3, 0.4) is 0 Å². The maximum absolute atomic E-state index is 12.6. The number of nitrogens with zero attached hydrogens (tertiary/aromatic N) is 1. The van der Waals surface area contributed by atoms with E-state index in [-0.39, 0.29) is 5.91 Å². The fourth-order valence-electron chi connectivity index (χ4n) is 4.36. The largest absolute Gasteiger partial charge is 0.397 e. The number of nitrogens with one attached hydrogen (secondary N) is 1. The average molecular weight is 414 g/mol. The monoisotopic (exact) mass is 413 g/mol. The molecule has 0 bridgehead atoms. The van der Waals surface area contributed by atoms with Gasteiger partial charge in [0.15, 0.2) is 0 Å². The predicted molar refractivity (Wildman–Crippen MR) is 128 cm³/mol. The molecule has 4 heteroatoms. The van der Waals surface area contributed by atoms with Crippen LogP contribution in [0.2, 0.25) is 0 Å². The van der Waals surface area contributed by atoms with Crippen LogP contribution >= 0.6 is 0 Å². The minimum absolute atomic E-state index is 0.00372. The molecule has 0 radical (unpaired) electrons. The summed E-state index contributed by atoms with van der Waals surface area (Å²) in [6.45, 7) is 2.36. The second-order valence-electron chi connectivity index (χ2n) is 8.54. The molecule has 0 unspecified atom stereocenters. The Bertz CT molecular complexity index is 980. The van der Waals surface area contributed by atoms with Crippen molar-refractivity contribution in [3.8, 4) is 0 Å². The fraction of sp³-hybridized carbons (Fsp3) is 0.296. The number of nitrogens with two attached hydrogens (primary N) is 1. The van der Waals surface area contributed by atoms with Crippen LogP contribution in [0.25, 0.3) is 0 Å². The van der Waals surface area contributed by atoms with E-state index in [0.717, 1.165) is 44.3 Å². The van der Waals surface area contributed by atoms with E-state index in [9.17, 15) is 4.79 Å². The zero-order valence-corrected chi connectivity index (χ0v) is 18.0. The summed E-state index contributed by atoms with van der Waals surface area (Å²) < 4.78 is 0. The van der Waals surface area contributed by atoms with Gasteiger partial charge in [0.1, 0.15) is 0 Å². The number of carbonyl (C=O) groups excluding carboxylic acids is 1. The molecule has 3 aromatic carbocycles. The lowest BCUT2D eigenvalue weighted by molar-refractivity contribution is -0.117. The zero-order valence-electron chi connectivity index (χ0n) is 18.0. The molecule has 0 aliphatic carbocycles. The van der Waals surface area contributed by atoms with Gasteiger partial charge in [0, 0.05) is 0 Å². The molecule has 0 saturated carbocycles. The van der Waals surface area contributed by atoms with E-state index in [4.69, 9.17) is 5.73 Å². The molecule has 0 spiro atoms. The van der Waals surface area contributed by atoms with Gasteiger partial charge in [-0.1, -0.05) is 66.7 Å². The summed E-state index contributed by atoms with van der Waals surface area (Å²) in [5.41, 5.74) is 11.3. The normalized spacial score (nSPS) is 15.0. The number of hydrogen-bond acceptors (Lipinski definition) is 3. The summed E-state index contributed by atoms with van der Waals surface area (Å²) in [5.74, 6) is 0.707. The van der Waals surface area contributed by atoms with Crippen molar-refractivity contribution in [1.82, 2.24) is 4.90 Å². The molecule has 1 amide bonds. The fourth-order valence-corrected chi connectivity index (χ4v) is 4.36.